The number of amides is 2. The van der Waals surface area contributed by atoms with Crippen molar-refractivity contribution in [2.24, 2.45) is 0 Å². The zero-order valence-corrected chi connectivity index (χ0v) is 16.1. The second-order valence-electron chi connectivity index (χ2n) is 5.86. The molecule has 0 saturated carbocycles. The van der Waals surface area contributed by atoms with Gasteiger partial charge in [0, 0.05) is 42.8 Å². The lowest BCUT2D eigenvalue weighted by Crippen LogP contribution is -2.67. The minimum atomic E-state index is -1.40. The molecule has 6 atom stereocenters. The molecule has 1 rings (SSSR count). The van der Waals surface area contributed by atoms with E-state index in [0.29, 0.717) is 0 Å². The Balaban J connectivity index is 2.87. The number of ether oxygens (including phenoxy) is 1. The second kappa shape index (κ2) is 10.3. The number of aliphatic hydroxyl groups excluding tert-OH is 3. The normalized spacial score (nSPS) is 30.4. The van der Waals surface area contributed by atoms with Crippen LogP contribution in [0.2, 0.25) is 0 Å². The molecule has 1 aliphatic rings. The number of aliphatic hydroxyl groups is 3. The zero-order chi connectivity index (χ0) is 19.1. The fraction of sp³-hybridized carbons (Fsp3) is 0.786. The summed E-state index contributed by atoms with van der Waals surface area (Å²) in [5, 5.41) is 34.3. The standard InChI is InChI=1S/C14H24IN3O7/c1-6(20)8(18-15)5-10(22)17-14-11(16-7(2)21)13(24)12(23)9(25-14)3-4-19/h8-9,11-14,18-19,23-24H,3-5H2,1-2H3,(H,16,21)(H,17,22)/t8-,9?,11?,12?,13?,14?/m0/s1. The van der Waals surface area contributed by atoms with Crippen molar-refractivity contribution in [3.63, 3.8) is 0 Å². The minimum absolute atomic E-state index is 0.0444. The van der Waals surface area contributed by atoms with Crippen LogP contribution in [0.25, 0.3) is 0 Å². The van der Waals surface area contributed by atoms with Crippen LogP contribution in [-0.4, -0.2) is 76.1 Å². The molecule has 1 aliphatic heterocycles. The molecular weight excluding hydrogens is 449 g/mol. The molecule has 0 radical (unpaired) electrons. The monoisotopic (exact) mass is 473 g/mol. The first-order valence-electron chi connectivity index (χ1n) is 7.76. The van der Waals surface area contributed by atoms with E-state index in [1.54, 1.807) is 22.9 Å². The predicted molar refractivity (Wildman–Crippen MR) is 94.4 cm³/mol. The lowest BCUT2D eigenvalue weighted by Gasteiger charge is -2.43. The van der Waals surface area contributed by atoms with E-state index in [4.69, 9.17) is 9.84 Å². The Kier molecular flexibility index (Phi) is 9.16. The summed E-state index contributed by atoms with van der Waals surface area (Å²) in [4.78, 5) is 34.9. The van der Waals surface area contributed by atoms with E-state index in [1.807, 2.05) is 0 Å². The van der Waals surface area contributed by atoms with E-state index in [0.717, 1.165) is 0 Å². The van der Waals surface area contributed by atoms with Crippen molar-refractivity contribution < 1.29 is 34.4 Å². The molecule has 0 aromatic carbocycles. The topological polar surface area (TPSA) is 157 Å². The number of halogens is 1. The Labute approximate surface area is 159 Å². The summed E-state index contributed by atoms with van der Waals surface area (Å²) >= 11 is 1.77. The first-order valence-corrected chi connectivity index (χ1v) is 8.84. The molecule has 5 unspecified atom stereocenters. The van der Waals surface area contributed by atoms with Crippen LogP contribution < -0.4 is 14.2 Å². The van der Waals surface area contributed by atoms with Crippen molar-refractivity contribution in [3.8, 4) is 0 Å². The highest BCUT2D eigenvalue weighted by atomic mass is 127. The SMILES string of the molecule is CC(=O)NC1C(NC(=O)C[C@H](NI)C(C)=O)OC(CCO)C(O)C1O. The van der Waals surface area contributed by atoms with E-state index >= 15 is 0 Å². The third-order valence-corrected chi connectivity index (χ3v) is 4.60. The Bertz CT molecular complexity index is 493. The quantitative estimate of drug-likeness (QED) is 0.170. The predicted octanol–water partition coefficient (Wildman–Crippen LogP) is -2.28. The molecule has 144 valence electrons. The highest BCUT2D eigenvalue weighted by Crippen LogP contribution is 2.22. The minimum Gasteiger partial charge on any atom is -0.396 e. The molecule has 0 aromatic rings. The van der Waals surface area contributed by atoms with Crippen molar-refractivity contribution >= 4 is 40.5 Å². The molecule has 1 heterocycles. The van der Waals surface area contributed by atoms with Crippen LogP contribution >= 0.6 is 22.9 Å². The summed E-state index contributed by atoms with van der Waals surface area (Å²) in [6, 6.07) is -1.76. The summed E-state index contributed by atoms with van der Waals surface area (Å²) in [5.74, 6) is -1.23. The van der Waals surface area contributed by atoms with Crippen LogP contribution in [0.3, 0.4) is 0 Å². The van der Waals surface area contributed by atoms with Crippen molar-refractivity contribution in [1.29, 1.82) is 0 Å². The molecule has 6 N–H and O–H groups in total. The van der Waals surface area contributed by atoms with Crippen LogP contribution in [0.4, 0.5) is 0 Å². The van der Waals surface area contributed by atoms with Crippen molar-refractivity contribution in [2.45, 2.75) is 63.3 Å². The Morgan fingerprint density at radius 3 is 2.28 bits per heavy atom. The van der Waals surface area contributed by atoms with Crippen LogP contribution in [0.1, 0.15) is 26.7 Å². The van der Waals surface area contributed by atoms with Gasteiger partial charge in [-0.3, -0.25) is 17.9 Å². The van der Waals surface area contributed by atoms with Gasteiger partial charge in [0.1, 0.15) is 24.0 Å². The van der Waals surface area contributed by atoms with Gasteiger partial charge in [-0.2, -0.15) is 0 Å². The van der Waals surface area contributed by atoms with Gasteiger partial charge in [0.2, 0.25) is 11.8 Å². The smallest absolute Gasteiger partial charge is 0.224 e. The van der Waals surface area contributed by atoms with Gasteiger partial charge in [-0.15, -0.1) is 0 Å². The summed E-state index contributed by atoms with van der Waals surface area (Å²) in [6.07, 6.45) is -4.88. The van der Waals surface area contributed by atoms with Crippen LogP contribution in [0.5, 0.6) is 0 Å². The number of carbonyl (C=O) groups is 3. The summed E-state index contributed by atoms with van der Waals surface area (Å²) in [6.45, 7) is 2.28. The first kappa shape index (κ1) is 22.2. The van der Waals surface area contributed by atoms with Crippen molar-refractivity contribution in [3.05, 3.63) is 0 Å². The number of hydrogen-bond acceptors (Lipinski definition) is 8. The number of ketones is 1. The third kappa shape index (κ3) is 6.42. The average molecular weight is 473 g/mol. The Hall–Kier alpha value is -0.860. The number of Topliss-reactive ketones (excluding diaryl/α,β-unsaturated/α-hetero) is 1. The first-order chi connectivity index (χ1) is 11.7. The largest absolute Gasteiger partial charge is 0.396 e. The third-order valence-electron chi connectivity index (χ3n) is 3.85. The van der Waals surface area contributed by atoms with E-state index in [1.165, 1.54) is 13.8 Å². The Morgan fingerprint density at radius 2 is 1.80 bits per heavy atom. The molecule has 10 nitrogen and oxygen atoms in total. The maximum absolute atomic E-state index is 12.2. The molecule has 0 aromatic heterocycles. The van der Waals surface area contributed by atoms with E-state index in [9.17, 15) is 24.6 Å². The van der Waals surface area contributed by atoms with Gasteiger partial charge in [-0.05, 0) is 13.3 Å². The highest BCUT2D eigenvalue weighted by molar-refractivity contribution is 14.1. The molecule has 1 saturated heterocycles. The number of rotatable bonds is 8. The molecule has 2 amide bonds. The molecule has 1 fully saturated rings. The van der Waals surface area contributed by atoms with Gasteiger partial charge in [-0.1, -0.05) is 0 Å². The molecular formula is C14H24IN3O7. The molecule has 11 heteroatoms. The molecule has 0 bridgehead atoms. The van der Waals surface area contributed by atoms with E-state index in [-0.39, 0.29) is 25.2 Å². The molecule has 0 aliphatic carbocycles. The van der Waals surface area contributed by atoms with Crippen molar-refractivity contribution in [1.82, 2.24) is 14.2 Å². The van der Waals surface area contributed by atoms with Gasteiger partial charge < -0.3 is 30.7 Å². The lowest BCUT2D eigenvalue weighted by molar-refractivity contribution is -0.198. The van der Waals surface area contributed by atoms with E-state index in [2.05, 4.69) is 14.2 Å². The fourth-order valence-electron chi connectivity index (χ4n) is 2.51. The van der Waals surface area contributed by atoms with Gasteiger partial charge in [0.15, 0.2) is 6.23 Å². The van der Waals surface area contributed by atoms with Crippen LogP contribution in [0, 0.1) is 0 Å². The van der Waals surface area contributed by atoms with Crippen LogP contribution in [-0.2, 0) is 19.1 Å². The van der Waals surface area contributed by atoms with Gasteiger partial charge in [0.05, 0.1) is 12.1 Å². The lowest BCUT2D eigenvalue weighted by atomic mass is 9.94. The molecule has 0 spiro atoms. The Morgan fingerprint density at radius 1 is 1.16 bits per heavy atom. The summed E-state index contributed by atoms with van der Waals surface area (Å²) in [7, 11) is 0. The molecule has 25 heavy (non-hydrogen) atoms. The van der Waals surface area contributed by atoms with E-state index < -0.39 is 48.4 Å². The maximum atomic E-state index is 12.2. The van der Waals surface area contributed by atoms with Gasteiger partial charge >= 0.3 is 0 Å². The van der Waals surface area contributed by atoms with Crippen molar-refractivity contribution in [2.75, 3.05) is 6.61 Å². The number of hydrogen-bond donors (Lipinski definition) is 6. The van der Waals surface area contributed by atoms with Crippen LogP contribution in [0.15, 0.2) is 0 Å². The highest BCUT2D eigenvalue weighted by Gasteiger charge is 2.45. The number of nitrogens with one attached hydrogen (secondary N) is 3. The fourth-order valence-corrected chi connectivity index (χ4v) is 3.17. The van der Waals surface area contributed by atoms with Gasteiger partial charge in [-0.25, -0.2) is 0 Å². The summed E-state index contributed by atoms with van der Waals surface area (Å²) in [5.41, 5.74) is 0. The van der Waals surface area contributed by atoms with Gasteiger partial charge in [0.25, 0.3) is 0 Å². The number of carbonyl (C=O) groups excluding carboxylic acids is 3. The zero-order valence-electron chi connectivity index (χ0n) is 13.9. The maximum Gasteiger partial charge on any atom is 0.224 e. The average Bonchev–Trinajstić information content (AvgIpc) is 2.53. The second-order valence-corrected chi connectivity index (χ2v) is 6.48. The summed E-state index contributed by atoms with van der Waals surface area (Å²) < 4.78 is 8.23.